The summed E-state index contributed by atoms with van der Waals surface area (Å²) in [5, 5.41) is 14.5. The summed E-state index contributed by atoms with van der Waals surface area (Å²) < 4.78 is 16.9. The number of pyridine rings is 1. The minimum absolute atomic E-state index is 0.0879. The van der Waals surface area contributed by atoms with Gasteiger partial charge in [-0.2, -0.15) is 5.26 Å². The molecule has 1 aliphatic rings. The predicted octanol–water partition coefficient (Wildman–Crippen LogP) is 6.95. The first kappa shape index (κ1) is 28.8. The summed E-state index contributed by atoms with van der Waals surface area (Å²) in [5.41, 5.74) is 2.93. The first-order valence-corrected chi connectivity index (χ1v) is 13.5. The maximum Gasteiger partial charge on any atom is 0.410 e. The van der Waals surface area contributed by atoms with Crippen LogP contribution in [0.25, 0.3) is 10.9 Å². The molecule has 8 nitrogen and oxygen atoms in total. The van der Waals surface area contributed by atoms with Gasteiger partial charge in [0.05, 0.1) is 54.2 Å². The Morgan fingerprint density at radius 2 is 2.03 bits per heavy atom. The average Bonchev–Trinajstić information content (AvgIpc) is 3.36. The number of methoxy groups -OCH3 is 1. The molecule has 1 aromatic heterocycles. The molecule has 206 valence electrons. The maximum absolute atomic E-state index is 12.7. The van der Waals surface area contributed by atoms with Crippen LogP contribution in [0.1, 0.15) is 50.3 Å². The summed E-state index contributed by atoms with van der Waals surface area (Å²) in [4.78, 5) is 19.0. The van der Waals surface area contributed by atoms with Crippen LogP contribution in [-0.4, -0.2) is 47.9 Å². The van der Waals surface area contributed by atoms with E-state index in [0.29, 0.717) is 52.3 Å². The number of rotatable bonds is 8. The third-order valence-corrected chi connectivity index (χ3v) is 7.02. The Hall–Kier alpha value is -3.25. The van der Waals surface area contributed by atoms with E-state index in [2.05, 4.69) is 16.4 Å². The molecule has 0 aliphatic carbocycles. The number of hydrogen-bond donors (Lipinski definition) is 1. The third-order valence-electron chi connectivity index (χ3n) is 6.41. The summed E-state index contributed by atoms with van der Waals surface area (Å²) in [6.45, 7) is 7.14. The van der Waals surface area contributed by atoms with E-state index in [1.165, 1.54) is 0 Å². The molecule has 3 aromatic rings. The molecule has 0 saturated carbocycles. The number of carbonyl (C=O) groups excluding carboxylic acids is 1. The number of halogens is 2. The molecule has 1 amide bonds. The molecule has 1 saturated heterocycles. The van der Waals surface area contributed by atoms with E-state index in [0.717, 1.165) is 29.5 Å². The van der Waals surface area contributed by atoms with Gasteiger partial charge in [0.2, 0.25) is 0 Å². The average molecular weight is 572 g/mol. The van der Waals surface area contributed by atoms with E-state index in [9.17, 15) is 10.1 Å². The number of fused-ring (bicyclic) bond motifs is 1. The standard InChI is InChI=1S/C29H32Cl2N4O4/c1-29(2,3)39-28(36)35-11-5-6-20(35)16-38-17-22-26(33-15-19-8-10-25(37-4)23(30)13-19)21-12-18(14-32)7-9-24(21)34-27(22)31/h7-10,12-13,20H,5-6,11,15-17H2,1-4H3,(H,33,34)/t20-/m0/s1. The van der Waals surface area contributed by atoms with Gasteiger partial charge >= 0.3 is 6.09 Å². The second kappa shape index (κ2) is 12.3. The van der Waals surface area contributed by atoms with Crippen LogP contribution in [0.2, 0.25) is 10.2 Å². The first-order chi connectivity index (χ1) is 18.6. The smallest absolute Gasteiger partial charge is 0.410 e. The Bertz CT molecular complexity index is 1400. The number of likely N-dealkylation sites (tertiary alicyclic amines) is 1. The van der Waals surface area contributed by atoms with Crippen LogP contribution < -0.4 is 10.1 Å². The van der Waals surface area contributed by atoms with Gasteiger partial charge in [-0.3, -0.25) is 0 Å². The van der Waals surface area contributed by atoms with Crippen LogP contribution in [0.3, 0.4) is 0 Å². The molecule has 39 heavy (non-hydrogen) atoms. The van der Waals surface area contributed by atoms with Gasteiger partial charge in [0, 0.05) is 24.0 Å². The number of hydrogen-bond acceptors (Lipinski definition) is 7. The zero-order valence-electron chi connectivity index (χ0n) is 22.5. The monoisotopic (exact) mass is 570 g/mol. The number of carbonyl (C=O) groups is 1. The SMILES string of the molecule is COc1ccc(CNc2c(COC[C@@H]3CCCN3C(=O)OC(C)(C)C)c(Cl)nc3ccc(C#N)cc23)cc1Cl. The number of aromatic nitrogens is 1. The van der Waals surface area contributed by atoms with Crippen molar-refractivity contribution < 1.29 is 19.0 Å². The lowest BCUT2D eigenvalue weighted by Crippen LogP contribution is -2.41. The van der Waals surface area contributed by atoms with Crippen molar-refractivity contribution in [1.82, 2.24) is 9.88 Å². The number of anilines is 1. The van der Waals surface area contributed by atoms with Crippen LogP contribution in [0.15, 0.2) is 36.4 Å². The predicted molar refractivity (Wildman–Crippen MR) is 152 cm³/mol. The topological polar surface area (TPSA) is 96.7 Å². The number of nitriles is 1. The third kappa shape index (κ3) is 7.04. The van der Waals surface area contributed by atoms with Crippen LogP contribution in [-0.2, 0) is 22.6 Å². The summed E-state index contributed by atoms with van der Waals surface area (Å²) in [7, 11) is 1.57. The lowest BCUT2D eigenvalue weighted by Gasteiger charge is -2.28. The Morgan fingerprint density at radius 3 is 2.72 bits per heavy atom. The summed E-state index contributed by atoms with van der Waals surface area (Å²) in [6.07, 6.45) is 1.39. The minimum atomic E-state index is -0.563. The van der Waals surface area contributed by atoms with E-state index in [-0.39, 0.29) is 18.7 Å². The normalized spacial score (nSPS) is 15.3. The highest BCUT2D eigenvalue weighted by molar-refractivity contribution is 6.32. The van der Waals surface area contributed by atoms with Crippen molar-refractivity contribution in [2.75, 3.05) is 25.6 Å². The molecular formula is C29H32Cl2N4O4. The molecule has 0 spiro atoms. The molecule has 1 fully saturated rings. The maximum atomic E-state index is 12.7. The van der Waals surface area contributed by atoms with Crippen LogP contribution >= 0.6 is 23.2 Å². The fraction of sp³-hybridized carbons (Fsp3) is 0.414. The number of amides is 1. The number of nitrogens with zero attached hydrogens (tertiary/aromatic N) is 3. The molecule has 1 aliphatic heterocycles. The molecule has 10 heteroatoms. The molecule has 2 heterocycles. The minimum Gasteiger partial charge on any atom is -0.495 e. The molecule has 0 radical (unpaired) electrons. The second-order valence-electron chi connectivity index (χ2n) is 10.4. The summed E-state index contributed by atoms with van der Waals surface area (Å²) in [6, 6.07) is 12.9. The van der Waals surface area contributed by atoms with Crippen molar-refractivity contribution in [3.8, 4) is 11.8 Å². The summed E-state index contributed by atoms with van der Waals surface area (Å²) >= 11 is 13.0. The quantitative estimate of drug-likeness (QED) is 0.292. The van der Waals surface area contributed by atoms with Crippen LogP contribution in [0, 0.1) is 11.3 Å². The van der Waals surface area contributed by atoms with Crippen molar-refractivity contribution in [3.05, 3.63) is 63.3 Å². The van der Waals surface area contributed by atoms with Gasteiger partial charge in [-0.15, -0.1) is 0 Å². The highest BCUT2D eigenvalue weighted by Crippen LogP contribution is 2.34. The molecule has 4 rings (SSSR count). The Kier molecular flexibility index (Phi) is 9.06. The highest BCUT2D eigenvalue weighted by atomic mass is 35.5. The van der Waals surface area contributed by atoms with Gasteiger partial charge in [-0.05, 0) is 69.5 Å². The van der Waals surface area contributed by atoms with E-state index in [1.807, 2.05) is 39.0 Å². The van der Waals surface area contributed by atoms with Crippen LogP contribution in [0.5, 0.6) is 5.75 Å². The van der Waals surface area contributed by atoms with E-state index < -0.39 is 5.60 Å². The Morgan fingerprint density at radius 1 is 1.23 bits per heavy atom. The molecule has 1 atom stereocenters. The van der Waals surface area contributed by atoms with Gasteiger partial charge in [-0.25, -0.2) is 9.78 Å². The molecular weight excluding hydrogens is 539 g/mol. The van der Waals surface area contributed by atoms with Crippen molar-refractivity contribution in [2.24, 2.45) is 0 Å². The largest absolute Gasteiger partial charge is 0.495 e. The fourth-order valence-electron chi connectivity index (χ4n) is 4.55. The van der Waals surface area contributed by atoms with Gasteiger partial charge < -0.3 is 24.4 Å². The van der Waals surface area contributed by atoms with Crippen LogP contribution in [0.4, 0.5) is 10.5 Å². The lowest BCUT2D eigenvalue weighted by atomic mass is 10.1. The van der Waals surface area contributed by atoms with Gasteiger partial charge in [0.15, 0.2) is 0 Å². The Balaban J connectivity index is 1.56. The Labute approximate surface area is 238 Å². The number of nitrogens with one attached hydrogen (secondary N) is 1. The van der Waals surface area contributed by atoms with Crippen molar-refractivity contribution in [2.45, 2.75) is 58.4 Å². The van der Waals surface area contributed by atoms with Gasteiger partial charge in [-0.1, -0.05) is 29.3 Å². The van der Waals surface area contributed by atoms with Crippen molar-refractivity contribution in [3.63, 3.8) is 0 Å². The molecule has 0 unspecified atom stereocenters. The molecule has 0 bridgehead atoms. The first-order valence-electron chi connectivity index (χ1n) is 12.8. The molecule has 2 aromatic carbocycles. The second-order valence-corrected chi connectivity index (χ2v) is 11.2. The number of ether oxygens (including phenoxy) is 3. The van der Waals surface area contributed by atoms with Gasteiger partial charge in [0.1, 0.15) is 16.5 Å². The number of benzene rings is 2. The zero-order chi connectivity index (χ0) is 28.2. The van der Waals surface area contributed by atoms with Crippen molar-refractivity contribution in [1.29, 1.82) is 5.26 Å². The lowest BCUT2D eigenvalue weighted by molar-refractivity contribution is 0.00885. The van der Waals surface area contributed by atoms with E-state index in [1.54, 1.807) is 30.2 Å². The van der Waals surface area contributed by atoms with Gasteiger partial charge in [0.25, 0.3) is 0 Å². The zero-order valence-corrected chi connectivity index (χ0v) is 24.0. The fourth-order valence-corrected chi connectivity index (χ4v) is 5.07. The highest BCUT2D eigenvalue weighted by Gasteiger charge is 2.32. The van der Waals surface area contributed by atoms with E-state index >= 15 is 0 Å². The van der Waals surface area contributed by atoms with E-state index in [4.69, 9.17) is 37.4 Å². The molecule has 1 N–H and O–H groups in total. The summed E-state index contributed by atoms with van der Waals surface area (Å²) in [5.74, 6) is 0.595. The van der Waals surface area contributed by atoms with Crippen molar-refractivity contribution >= 4 is 45.9 Å².